The molecular formula is C49H67N3O15P2. The van der Waals surface area contributed by atoms with Gasteiger partial charge in [-0.05, 0) is 143 Å². The fourth-order valence-electron chi connectivity index (χ4n) is 6.09. The predicted molar refractivity (Wildman–Crippen MR) is 259 cm³/mol. The van der Waals surface area contributed by atoms with Crippen LogP contribution in [0.4, 0.5) is 0 Å². The zero-order valence-corrected chi connectivity index (χ0v) is 44.5. The van der Waals surface area contributed by atoms with Gasteiger partial charge in [-0.15, -0.1) is 0 Å². The lowest BCUT2D eigenvalue weighted by Gasteiger charge is -2.31. The van der Waals surface area contributed by atoms with Crippen LogP contribution in [0.5, 0.6) is 17.2 Å². The summed E-state index contributed by atoms with van der Waals surface area (Å²) in [6.45, 7) is 20.2. The van der Waals surface area contributed by atoms with Crippen molar-refractivity contribution in [2.45, 2.75) is 119 Å². The summed E-state index contributed by atoms with van der Waals surface area (Å²) in [6, 6.07) is 18.2. The molecule has 3 aromatic carbocycles. The molecule has 378 valence electrons. The fraction of sp³-hybridized carbons (Fsp3) is 0.469. The molecule has 0 bridgehead atoms. The molecule has 2 amide bonds. The minimum absolute atomic E-state index is 0.0137. The van der Waals surface area contributed by atoms with E-state index in [0.29, 0.717) is 16.9 Å². The number of hydrogen-bond acceptors (Lipinski definition) is 15. The quantitative estimate of drug-likeness (QED) is 0.0673. The Bertz CT molecular complexity index is 2370. The highest BCUT2D eigenvalue weighted by Gasteiger charge is 2.40. The summed E-state index contributed by atoms with van der Waals surface area (Å²) in [5.74, 6) is -4.02. The number of esters is 2. The van der Waals surface area contributed by atoms with Gasteiger partial charge in [-0.1, -0.05) is 24.3 Å². The topological polar surface area (TPSA) is 197 Å². The van der Waals surface area contributed by atoms with E-state index < -0.39 is 73.3 Å². The van der Waals surface area contributed by atoms with E-state index in [9.17, 15) is 28.3 Å². The maximum atomic E-state index is 14.3. The van der Waals surface area contributed by atoms with Gasteiger partial charge in [-0.3, -0.25) is 41.3 Å². The number of carbonyl (C=O) groups is 4. The largest absolute Gasteiger partial charge is 0.497 e. The van der Waals surface area contributed by atoms with E-state index in [1.165, 1.54) is 98.2 Å². The van der Waals surface area contributed by atoms with Crippen molar-refractivity contribution in [2.75, 3.05) is 35.3 Å². The van der Waals surface area contributed by atoms with E-state index >= 15 is 0 Å². The number of aromatic nitrogens is 1. The van der Waals surface area contributed by atoms with Gasteiger partial charge in [0.15, 0.2) is 11.4 Å². The molecule has 69 heavy (non-hydrogen) atoms. The SMILES string of the molecule is COc1ccc(-n2c(C(=O)N(C)C)c(OC(=O)c3ccc(COP(=O)(OC(C)(C)C)OC(C)(C)C)cc3)c(OC(=O)c3ccc(COP(=O)(OC(C)(C)C)OC(C)(C)C)cc3)c2C(=O)N(C)C)cc1. The molecule has 1 heterocycles. The van der Waals surface area contributed by atoms with Gasteiger partial charge in [-0.2, -0.15) is 0 Å². The monoisotopic (exact) mass is 999 g/mol. The summed E-state index contributed by atoms with van der Waals surface area (Å²) in [5.41, 5.74) is -2.89. The van der Waals surface area contributed by atoms with Crippen molar-refractivity contribution in [1.82, 2.24) is 14.4 Å². The Labute approximate surface area is 405 Å². The standard InChI is InChI=1S/C49H67N3O15P2/c1-46(2,3)64-68(57,65-47(4,5)6)60-30-32-18-22-34(23-19-32)44(55)62-40-38(42(53)50(13)14)52(36-26-28-37(59-17)29-27-36)39(43(54)51(15)16)41(40)63-45(56)35-24-20-33(21-25-35)31-61-69(58,66-48(7,8)9)67-49(10,11)12/h18-29H,30-31H2,1-17H3. The Morgan fingerprint density at radius 3 is 1.06 bits per heavy atom. The zero-order chi connectivity index (χ0) is 52.1. The molecule has 0 N–H and O–H groups in total. The van der Waals surface area contributed by atoms with Crippen LogP contribution < -0.4 is 14.2 Å². The van der Waals surface area contributed by atoms with Crippen LogP contribution in [0.15, 0.2) is 72.8 Å². The van der Waals surface area contributed by atoms with E-state index in [2.05, 4.69) is 0 Å². The van der Waals surface area contributed by atoms with Crippen molar-refractivity contribution < 1.29 is 69.7 Å². The summed E-state index contributed by atoms with van der Waals surface area (Å²) in [5, 5.41) is 0. The zero-order valence-electron chi connectivity index (χ0n) is 42.7. The number of nitrogens with zero attached hydrogens (tertiary/aromatic N) is 3. The fourth-order valence-corrected chi connectivity index (χ4v) is 9.67. The summed E-state index contributed by atoms with van der Waals surface area (Å²) < 4.78 is 80.4. The average Bonchev–Trinajstić information content (AvgIpc) is 3.51. The first-order chi connectivity index (χ1) is 31.6. The van der Waals surface area contributed by atoms with Gasteiger partial charge in [0, 0.05) is 33.9 Å². The first kappa shape index (κ1) is 56.4. The molecule has 0 aliphatic rings. The lowest BCUT2D eigenvalue weighted by atomic mass is 10.1. The highest BCUT2D eigenvalue weighted by molar-refractivity contribution is 7.48. The third-order valence-corrected chi connectivity index (χ3v) is 12.7. The van der Waals surface area contributed by atoms with E-state index in [1.807, 2.05) is 0 Å². The molecule has 1 aromatic heterocycles. The number of rotatable bonds is 18. The summed E-state index contributed by atoms with van der Waals surface area (Å²) in [7, 11) is -0.818. The van der Waals surface area contributed by atoms with Crippen molar-refractivity contribution in [1.29, 1.82) is 0 Å². The Morgan fingerprint density at radius 2 is 0.797 bits per heavy atom. The molecule has 18 nitrogen and oxygen atoms in total. The molecule has 0 aliphatic carbocycles. The second-order valence-corrected chi connectivity index (χ2v) is 23.3. The van der Waals surface area contributed by atoms with Crippen molar-refractivity contribution >= 4 is 39.4 Å². The Kier molecular flexibility index (Phi) is 17.9. The minimum Gasteiger partial charge on any atom is -0.497 e. The Morgan fingerprint density at radius 1 is 0.493 bits per heavy atom. The molecule has 0 saturated carbocycles. The maximum Gasteiger partial charge on any atom is 0.476 e. The molecule has 0 radical (unpaired) electrons. The first-order valence-electron chi connectivity index (χ1n) is 21.9. The van der Waals surface area contributed by atoms with E-state index in [4.69, 9.17) is 41.4 Å². The molecule has 4 rings (SSSR count). The molecule has 4 aromatic rings. The lowest BCUT2D eigenvalue weighted by molar-refractivity contribution is -0.000864. The summed E-state index contributed by atoms with van der Waals surface area (Å²) in [6.07, 6.45) is 0. The molecule has 0 aliphatic heterocycles. The molecule has 0 fully saturated rings. The van der Waals surface area contributed by atoms with E-state index in [1.54, 1.807) is 107 Å². The summed E-state index contributed by atoms with van der Waals surface area (Å²) >= 11 is 0. The van der Waals surface area contributed by atoms with Crippen LogP contribution in [0.1, 0.15) is 136 Å². The number of methoxy groups -OCH3 is 1. The highest BCUT2D eigenvalue weighted by atomic mass is 31.2. The van der Waals surface area contributed by atoms with Crippen LogP contribution in [0.2, 0.25) is 0 Å². The number of ether oxygens (including phenoxy) is 3. The van der Waals surface area contributed by atoms with Gasteiger partial charge in [0.1, 0.15) is 5.75 Å². The van der Waals surface area contributed by atoms with Crippen LogP contribution in [-0.4, -0.2) is 95.8 Å². The van der Waals surface area contributed by atoms with Crippen LogP contribution >= 0.6 is 15.6 Å². The Balaban J connectivity index is 1.81. The van der Waals surface area contributed by atoms with Crippen molar-refractivity contribution in [2.24, 2.45) is 0 Å². The highest BCUT2D eigenvalue weighted by Crippen LogP contribution is 2.57. The van der Waals surface area contributed by atoms with Gasteiger partial charge in [0.05, 0.1) is 53.9 Å². The van der Waals surface area contributed by atoms with Crippen molar-refractivity contribution in [3.8, 4) is 22.9 Å². The molecule has 0 atom stereocenters. The first-order valence-corrected chi connectivity index (χ1v) is 24.8. The van der Waals surface area contributed by atoms with Crippen LogP contribution in [0, 0.1) is 0 Å². The molecule has 0 unspecified atom stereocenters. The van der Waals surface area contributed by atoms with Gasteiger partial charge in [0.25, 0.3) is 11.8 Å². The van der Waals surface area contributed by atoms with Crippen molar-refractivity contribution in [3.63, 3.8) is 0 Å². The second-order valence-electron chi connectivity index (χ2n) is 20.2. The van der Waals surface area contributed by atoms with Crippen LogP contribution in [0.3, 0.4) is 0 Å². The number of phosphoric ester groups is 2. The number of amides is 2. The normalized spacial score (nSPS) is 12.7. The van der Waals surface area contributed by atoms with Gasteiger partial charge in [0.2, 0.25) is 11.5 Å². The Hall–Kier alpha value is -5.16. The van der Waals surface area contributed by atoms with Crippen LogP contribution in [-0.2, 0) is 49.5 Å². The smallest absolute Gasteiger partial charge is 0.476 e. The average molecular weight is 1000 g/mol. The second kappa shape index (κ2) is 21.9. The van der Waals surface area contributed by atoms with Gasteiger partial charge >= 0.3 is 27.6 Å². The number of benzene rings is 3. The number of carbonyl (C=O) groups excluding carboxylic acids is 4. The molecule has 0 saturated heterocycles. The molecule has 0 spiro atoms. The van der Waals surface area contributed by atoms with Crippen molar-refractivity contribution in [3.05, 3.63) is 106 Å². The van der Waals surface area contributed by atoms with Gasteiger partial charge in [-0.25, -0.2) is 18.7 Å². The maximum absolute atomic E-state index is 14.3. The number of phosphoric acid groups is 2. The molecule has 20 heteroatoms. The third kappa shape index (κ3) is 16.5. The van der Waals surface area contributed by atoms with E-state index in [-0.39, 0.29) is 41.4 Å². The molecular weight excluding hydrogens is 932 g/mol. The number of hydrogen-bond donors (Lipinski definition) is 0. The lowest BCUT2D eigenvalue weighted by Crippen LogP contribution is -2.28. The van der Waals surface area contributed by atoms with E-state index in [0.717, 1.165) is 0 Å². The third-order valence-electron chi connectivity index (χ3n) is 8.72. The summed E-state index contributed by atoms with van der Waals surface area (Å²) in [4.78, 5) is 59.5. The predicted octanol–water partition coefficient (Wildman–Crippen LogP) is 10.8. The minimum atomic E-state index is -4.07. The van der Waals surface area contributed by atoms with Gasteiger partial charge < -0.3 is 24.0 Å². The van der Waals surface area contributed by atoms with Crippen LogP contribution in [0.25, 0.3) is 5.69 Å².